The number of hydrogen-bond acceptors (Lipinski definition) is 2. The molecular weight excluding hydrogens is 356 g/mol. The summed E-state index contributed by atoms with van der Waals surface area (Å²) < 4.78 is 4.38. The summed E-state index contributed by atoms with van der Waals surface area (Å²) in [6.07, 6.45) is 0. The smallest absolute Gasteiger partial charge is 0.113 e. The molecule has 3 aromatic carbocycles. The average Bonchev–Trinajstić information content (AvgIpc) is 3.32. The van der Waals surface area contributed by atoms with Gasteiger partial charge in [0.1, 0.15) is 5.52 Å². The zero-order valence-electron chi connectivity index (χ0n) is 16.4. The fourth-order valence-corrected chi connectivity index (χ4v) is 3.92. The molecule has 0 saturated carbocycles. The van der Waals surface area contributed by atoms with Gasteiger partial charge in [0.2, 0.25) is 0 Å². The standard InChI is InChI=1S/C25H22N4/c1-19-23(21-12-6-3-7-13-21)16-22(28(19)17-20-10-4-2-5-11-20)18-29-25-15-9-8-14-24(25)26-27-29/h2-16H,17-18H2,1H3. The van der Waals surface area contributed by atoms with Gasteiger partial charge in [0.25, 0.3) is 0 Å². The van der Waals surface area contributed by atoms with E-state index < -0.39 is 0 Å². The second-order valence-electron chi connectivity index (χ2n) is 7.31. The van der Waals surface area contributed by atoms with Crippen molar-refractivity contribution in [1.82, 2.24) is 19.6 Å². The highest BCUT2D eigenvalue weighted by atomic mass is 15.4. The Kier molecular flexibility index (Phi) is 4.45. The minimum Gasteiger partial charge on any atom is -0.342 e. The van der Waals surface area contributed by atoms with Crippen molar-refractivity contribution < 1.29 is 0 Å². The highest BCUT2D eigenvalue weighted by Crippen LogP contribution is 2.28. The Hall–Kier alpha value is -3.66. The highest BCUT2D eigenvalue weighted by Gasteiger charge is 2.15. The highest BCUT2D eigenvalue weighted by molar-refractivity contribution is 5.74. The average molecular weight is 378 g/mol. The summed E-state index contributed by atoms with van der Waals surface area (Å²) in [6, 6.07) is 31.6. The molecule has 0 atom stereocenters. The number of rotatable bonds is 5. The van der Waals surface area contributed by atoms with Gasteiger partial charge < -0.3 is 4.57 Å². The van der Waals surface area contributed by atoms with Crippen molar-refractivity contribution in [3.8, 4) is 11.1 Å². The van der Waals surface area contributed by atoms with Crippen molar-refractivity contribution in [2.75, 3.05) is 0 Å². The van der Waals surface area contributed by atoms with E-state index in [2.05, 4.69) is 94.6 Å². The lowest BCUT2D eigenvalue weighted by molar-refractivity contribution is 0.618. The van der Waals surface area contributed by atoms with Crippen molar-refractivity contribution in [3.63, 3.8) is 0 Å². The number of aromatic nitrogens is 4. The second-order valence-corrected chi connectivity index (χ2v) is 7.31. The maximum atomic E-state index is 4.40. The van der Waals surface area contributed by atoms with Crippen LogP contribution in [0.3, 0.4) is 0 Å². The lowest BCUT2D eigenvalue weighted by atomic mass is 10.1. The molecule has 2 aromatic heterocycles. The van der Waals surface area contributed by atoms with Crippen molar-refractivity contribution in [3.05, 3.63) is 108 Å². The minimum atomic E-state index is 0.682. The van der Waals surface area contributed by atoms with E-state index >= 15 is 0 Å². The third kappa shape index (κ3) is 3.34. The van der Waals surface area contributed by atoms with E-state index in [0.29, 0.717) is 6.54 Å². The molecule has 0 N–H and O–H groups in total. The van der Waals surface area contributed by atoms with E-state index in [0.717, 1.165) is 17.6 Å². The van der Waals surface area contributed by atoms with Gasteiger partial charge >= 0.3 is 0 Å². The predicted octanol–water partition coefficient (Wildman–Crippen LogP) is 5.30. The predicted molar refractivity (Wildman–Crippen MR) is 117 cm³/mol. The minimum absolute atomic E-state index is 0.682. The Labute approximate surface area is 170 Å². The zero-order chi connectivity index (χ0) is 19.6. The van der Waals surface area contributed by atoms with E-state index in [1.165, 1.54) is 28.1 Å². The number of fused-ring (bicyclic) bond motifs is 1. The summed E-state index contributed by atoms with van der Waals surface area (Å²) in [5, 5.41) is 8.72. The molecule has 0 aliphatic carbocycles. The summed E-state index contributed by atoms with van der Waals surface area (Å²) in [5.74, 6) is 0. The molecule has 0 aliphatic rings. The first-order chi connectivity index (χ1) is 14.3. The molecule has 5 rings (SSSR count). The molecule has 4 heteroatoms. The van der Waals surface area contributed by atoms with E-state index in [9.17, 15) is 0 Å². The lowest BCUT2D eigenvalue weighted by Crippen LogP contribution is -2.11. The summed E-state index contributed by atoms with van der Waals surface area (Å²) in [5.41, 5.74) is 8.26. The van der Waals surface area contributed by atoms with Crippen LogP contribution >= 0.6 is 0 Å². The molecule has 0 radical (unpaired) electrons. The van der Waals surface area contributed by atoms with Gasteiger partial charge in [-0.25, -0.2) is 4.68 Å². The molecule has 0 bridgehead atoms. The SMILES string of the molecule is Cc1c(-c2ccccc2)cc(Cn2nnc3ccccc32)n1Cc1ccccc1. The van der Waals surface area contributed by atoms with Crippen LogP contribution in [-0.4, -0.2) is 19.6 Å². The molecule has 29 heavy (non-hydrogen) atoms. The first kappa shape index (κ1) is 17.4. The molecule has 0 aliphatic heterocycles. The third-order valence-corrected chi connectivity index (χ3v) is 5.45. The number of nitrogens with zero attached hydrogens (tertiary/aromatic N) is 4. The maximum absolute atomic E-state index is 4.40. The molecule has 4 nitrogen and oxygen atoms in total. The van der Waals surface area contributed by atoms with Crippen LogP contribution < -0.4 is 0 Å². The van der Waals surface area contributed by atoms with E-state index in [-0.39, 0.29) is 0 Å². The first-order valence-corrected chi connectivity index (χ1v) is 9.86. The normalized spacial score (nSPS) is 11.2. The molecule has 0 spiro atoms. The fraction of sp³-hybridized carbons (Fsp3) is 0.120. The van der Waals surface area contributed by atoms with E-state index in [4.69, 9.17) is 0 Å². The zero-order valence-corrected chi connectivity index (χ0v) is 16.4. The van der Waals surface area contributed by atoms with Gasteiger partial charge in [-0.05, 0) is 36.2 Å². The van der Waals surface area contributed by atoms with Crippen LogP contribution in [0.15, 0.2) is 91.0 Å². The molecule has 0 fully saturated rings. The topological polar surface area (TPSA) is 35.6 Å². The fourth-order valence-electron chi connectivity index (χ4n) is 3.92. The molecule has 0 unspecified atom stereocenters. The van der Waals surface area contributed by atoms with Crippen LogP contribution in [-0.2, 0) is 13.1 Å². The Morgan fingerprint density at radius 3 is 2.24 bits per heavy atom. The molecule has 142 valence electrons. The van der Waals surface area contributed by atoms with Crippen LogP contribution in [0.5, 0.6) is 0 Å². The van der Waals surface area contributed by atoms with Gasteiger partial charge in [0, 0.05) is 23.5 Å². The lowest BCUT2D eigenvalue weighted by Gasteiger charge is -2.13. The van der Waals surface area contributed by atoms with Crippen LogP contribution in [0.2, 0.25) is 0 Å². The summed E-state index contributed by atoms with van der Waals surface area (Å²) in [7, 11) is 0. The molecule has 2 heterocycles. The van der Waals surface area contributed by atoms with Crippen LogP contribution in [0.4, 0.5) is 0 Å². The Bertz CT molecular complexity index is 1250. The van der Waals surface area contributed by atoms with Crippen molar-refractivity contribution in [2.24, 2.45) is 0 Å². The van der Waals surface area contributed by atoms with Gasteiger partial charge in [0.05, 0.1) is 12.1 Å². The van der Waals surface area contributed by atoms with Gasteiger partial charge in [-0.1, -0.05) is 78.0 Å². The van der Waals surface area contributed by atoms with Gasteiger partial charge in [0.15, 0.2) is 0 Å². The molecule has 0 saturated heterocycles. The molecule has 5 aromatic rings. The largest absolute Gasteiger partial charge is 0.342 e. The van der Waals surface area contributed by atoms with Crippen molar-refractivity contribution >= 4 is 11.0 Å². The summed E-state index contributed by atoms with van der Waals surface area (Å²) in [6.45, 7) is 3.72. The number of hydrogen-bond donors (Lipinski definition) is 0. The number of para-hydroxylation sites is 1. The van der Waals surface area contributed by atoms with Crippen LogP contribution in [0.25, 0.3) is 22.2 Å². The van der Waals surface area contributed by atoms with Crippen molar-refractivity contribution in [2.45, 2.75) is 20.0 Å². The first-order valence-electron chi connectivity index (χ1n) is 9.86. The Balaban J connectivity index is 1.60. The Morgan fingerprint density at radius 2 is 1.45 bits per heavy atom. The molecular formula is C25H22N4. The Morgan fingerprint density at radius 1 is 0.759 bits per heavy atom. The molecule has 0 amide bonds. The van der Waals surface area contributed by atoms with Crippen LogP contribution in [0, 0.1) is 6.92 Å². The summed E-state index contributed by atoms with van der Waals surface area (Å²) in [4.78, 5) is 0. The quantitative estimate of drug-likeness (QED) is 0.416. The van der Waals surface area contributed by atoms with Gasteiger partial charge in [-0.2, -0.15) is 0 Å². The maximum Gasteiger partial charge on any atom is 0.113 e. The van der Waals surface area contributed by atoms with Gasteiger partial charge in [-0.3, -0.25) is 0 Å². The second kappa shape index (κ2) is 7.40. The number of benzene rings is 3. The van der Waals surface area contributed by atoms with Crippen molar-refractivity contribution in [1.29, 1.82) is 0 Å². The van der Waals surface area contributed by atoms with Gasteiger partial charge in [-0.15, -0.1) is 5.10 Å². The third-order valence-electron chi connectivity index (χ3n) is 5.45. The van der Waals surface area contributed by atoms with E-state index in [1.807, 2.05) is 22.9 Å². The van der Waals surface area contributed by atoms with E-state index in [1.54, 1.807) is 0 Å². The summed E-state index contributed by atoms with van der Waals surface area (Å²) >= 11 is 0. The van der Waals surface area contributed by atoms with Crippen LogP contribution in [0.1, 0.15) is 17.0 Å². The monoisotopic (exact) mass is 378 g/mol.